The molecule has 0 spiro atoms. The van der Waals surface area contributed by atoms with Crippen molar-refractivity contribution in [2.24, 2.45) is 0 Å². The third kappa shape index (κ3) is 5.60. The number of anilines is 1. The van der Waals surface area contributed by atoms with Crippen LogP contribution in [0.3, 0.4) is 0 Å². The van der Waals surface area contributed by atoms with Crippen molar-refractivity contribution >= 4 is 17.5 Å². The highest BCUT2D eigenvalue weighted by Crippen LogP contribution is 2.22. The number of nitrogens with zero attached hydrogens (tertiary/aromatic N) is 5. The standard InChI is InChI=1S/C23H30N6O3/c1-7-18(22(31)24-23(4,5)6)29(17-10-8-9-15(2)13-17)20(30)14-28-26-21(25-27-28)19-12-11-16(3)32-19/h8-13,18H,7,14H2,1-6H3,(H,24,31)/t18-/m0/s1. The van der Waals surface area contributed by atoms with Crippen LogP contribution in [0.4, 0.5) is 5.69 Å². The lowest BCUT2D eigenvalue weighted by molar-refractivity contribution is -0.128. The maximum absolute atomic E-state index is 13.4. The zero-order valence-corrected chi connectivity index (χ0v) is 19.4. The molecule has 0 saturated heterocycles. The predicted molar refractivity (Wildman–Crippen MR) is 121 cm³/mol. The van der Waals surface area contributed by atoms with Gasteiger partial charge in [0.25, 0.3) is 5.91 Å². The van der Waals surface area contributed by atoms with Gasteiger partial charge in [0, 0.05) is 11.2 Å². The molecule has 0 bridgehead atoms. The molecule has 3 aromatic rings. The van der Waals surface area contributed by atoms with Gasteiger partial charge >= 0.3 is 0 Å². The smallest absolute Gasteiger partial charge is 0.251 e. The van der Waals surface area contributed by atoms with Gasteiger partial charge in [0.15, 0.2) is 5.76 Å². The minimum Gasteiger partial charge on any atom is -0.458 e. The number of tetrazole rings is 1. The zero-order chi connectivity index (χ0) is 23.5. The summed E-state index contributed by atoms with van der Waals surface area (Å²) in [5.41, 5.74) is 1.21. The maximum Gasteiger partial charge on any atom is 0.251 e. The quantitative estimate of drug-likeness (QED) is 0.607. The third-order valence-electron chi connectivity index (χ3n) is 4.74. The summed E-state index contributed by atoms with van der Waals surface area (Å²) in [4.78, 5) is 29.2. The molecule has 2 aromatic heterocycles. The first-order valence-corrected chi connectivity index (χ1v) is 10.6. The first-order valence-electron chi connectivity index (χ1n) is 10.6. The Hall–Kier alpha value is -3.49. The summed E-state index contributed by atoms with van der Waals surface area (Å²) in [6.07, 6.45) is 0.448. The molecule has 0 aliphatic carbocycles. The highest BCUT2D eigenvalue weighted by atomic mass is 16.3. The fourth-order valence-electron chi connectivity index (χ4n) is 3.37. The van der Waals surface area contributed by atoms with E-state index in [1.165, 1.54) is 9.70 Å². The molecule has 0 saturated carbocycles. The number of rotatable bonds is 7. The van der Waals surface area contributed by atoms with Crippen LogP contribution < -0.4 is 10.2 Å². The molecule has 2 amide bonds. The van der Waals surface area contributed by atoms with E-state index >= 15 is 0 Å². The van der Waals surface area contributed by atoms with Gasteiger partial charge in [-0.15, -0.1) is 10.2 Å². The minimum absolute atomic E-state index is 0.167. The number of nitrogens with one attached hydrogen (secondary N) is 1. The summed E-state index contributed by atoms with van der Waals surface area (Å²) in [6, 6.07) is 10.4. The molecule has 170 valence electrons. The van der Waals surface area contributed by atoms with Gasteiger partial charge in [0.1, 0.15) is 18.3 Å². The number of aryl methyl sites for hydroxylation is 2. The monoisotopic (exact) mass is 438 g/mol. The molecular formula is C23H30N6O3. The minimum atomic E-state index is -0.681. The van der Waals surface area contributed by atoms with Crippen LogP contribution in [0.15, 0.2) is 40.8 Å². The van der Waals surface area contributed by atoms with Crippen molar-refractivity contribution in [3.63, 3.8) is 0 Å². The Labute approximate surface area is 187 Å². The maximum atomic E-state index is 13.4. The molecule has 0 aliphatic rings. The lowest BCUT2D eigenvalue weighted by Crippen LogP contribution is -2.54. The van der Waals surface area contributed by atoms with Crippen molar-refractivity contribution in [3.8, 4) is 11.6 Å². The predicted octanol–water partition coefficient (Wildman–Crippen LogP) is 3.28. The van der Waals surface area contributed by atoms with Crippen LogP contribution in [0.5, 0.6) is 0 Å². The van der Waals surface area contributed by atoms with Crippen LogP contribution in [0.1, 0.15) is 45.4 Å². The first kappa shape index (κ1) is 23.2. The Morgan fingerprint density at radius 3 is 2.53 bits per heavy atom. The van der Waals surface area contributed by atoms with Gasteiger partial charge in [0.05, 0.1) is 0 Å². The topological polar surface area (TPSA) is 106 Å². The average Bonchev–Trinajstić information content (AvgIpc) is 3.33. The molecule has 1 atom stereocenters. The van der Waals surface area contributed by atoms with E-state index in [2.05, 4.69) is 20.7 Å². The molecule has 1 aromatic carbocycles. The lowest BCUT2D eigenvalue weighted by atomic mass is 10.1. The van der Waals surface area contributed by atoms with Crippen molar-refractivity contribution in [1.29, 1.82) is 0 Å². The van der Waals surface area contributed by atoms with Gasteiger partial charge < -0.3 is 9.73 Å². The van der Waals surface area contributed by atoms with Crippen LogP contribution in [0.25, 0.3) is 11.6 Å². The molecule has 32 heavy (non-hydrogen) atoms. The van der Waals surface area contributed by atoms with Crippen molar-refractivity contribution in [2.45, 2.75) is 66.1 Å². The first-order chi connectivity index (χ1) is 15.1. The fourth-order valence-corrected chi connectivity index (χ4v) is 3.37. The van der Waals surface area contributed by atoms with Crippen LogP contribution in [-0.4, -0.2) is 43.6 Å². The largest absolute Gasteiger partial charge is 0.458 e. The van der Waals surface area contributed by atoms with Crippen molar-refractivity contribution < 1.29 is 14.0 Å². The van der Waals surface area contributed by atoms with Crippen LogP contribution >= 0.6 is 0 Å². The Morgan fingerprint density at radius 2 is 1.94 bits per heavy atom. The average molecular weight is 439 g/mol. The van der Waals surface area contributed by atoms with E-state index in [1.807, 2.05) is 65.8 Å². The number of amides is 2. The number of aromatic nitrogens is 4. The number of hydrogen-bond donors (Lipinski definition) is 1. The third-order valence-corrected chi connectivity index (χ3v) is 4.74. The molecule has 9 heteroatoms. The summed E-state index contributed by atoms with van der Waals surface area (Å²) in [6.45, 7) is 11.2. The van der Waals surface area contributed by atoms with E-state index in [0.717, 1.165) is 11.3 Å². The molecule has 0 fully saturated rings. The van der Waals surface area contributed by atoms with Crippen LogP contribution in [0, 0.1) is 13.8 Å². The van der Waals surface area contributed by atoms with Crippen LogP contribution in [-0.2, 0) is 16.1 Å². The summed E-state index contributed by atoms with van der Waals surface area (Å²) in [5, 5.41) is 15.2. The van der Waals surface area contributed by atoms with Gasteiger partial charge in [-0.1, -0.05) is 19.1 Å². The van der Waals surface area contributed by atoms with Crippen molar-refractivity contribution in [2.75, 3.05) is 4.90 Å². The summed E-state index contributed by atoms with van der Waals surface area (Å²) >= 11 is 0. The molecule has 2 heterocycles. The van der Waals surface area contributed by atoms with Gasteiger partial charge in [-0.05, 0) is 76.1 Å². The molecule has 0 unspecified atom stereocenters. The SMILES string of the molecule is CC[C@@H](C(=O)NC(C)(C)C)N(C(=O)Cn1nnc(-c2ccc(C)o2)n1)c1cccc(C)c1. The summed E-state index contributed by atoms with van der Waals surface area (Å²) < 4.78 is 5.52. The number of benzene rings is 1. The van der Waals surface area contributed by atoms with Crippen LogP contribution in [0.2, 0.25) is 0 Å². The van der Waals surface area contributed by atoms with E-state index < -0.39 is 11.6 Å². The zero-order valence-electron chi connectivity index (χ0n) is 19.4. The molecule has 3 rings (SSSR count). The van der Waals surface area contributed by atoms with Gasteiger partial charge in [-0.25, -0.2) is 0 Å². The number of carbonyl (C=O) groups excluding carboxylic acids is 2. The fraction of sp³-hybridized carbons (Fsp3) is 0.435. The highest BCUT2D eigenvalue weighted by Gasteiger charge is 2.32. The lowest BCUT2D eigenvalue weighted by Gasteiger charge is -2.33. The van der Waals surface area contributed by atoms with E-state index in [1.54, 1.807) is 12.1 Å². The van der Waals surface area contributed by atoms with E-state index in [0.29, 0.717) is 23.7 Å². The number of furan rings is 1. The van der Waals surface area contributed by atoms with Gasteiger partial charge in [-0.3, -0.25) is 14.5 Å². The second kappa shape index (κ2) is 9.33. The van der Waals surface area contributed by atoms with Crippen molar-refractivity contribution in [3.05, 3.63) is 47.7 Å². The number of carbonyl (C=O) groups is 2. The van der Waals surface area contributed by atoms with E-state index in [9.17, 15) is 9.59 Å². The van der Waals surface area contributed by atoms with E-state index in [-0.39, 0.29) is 18.4 Å². The molecule has 1 N–H and O–H groups in total. The molecule has 0 aliphatic heterocycles. The molecule has 0 radical (unpaired) electrons. The second-order valence-corrected chi connectivity index (χ2v) is 8.82. The second-order valence-electron chi connectivity index (χ2n) is 8.82. The van der Waals surface area contributed by atoms with Gasteiger partial charge in [-0.2, -0.15) is 4.80 Å². The molecule has 9 nitrogen and oxygen atoms in total. The number of hydrogen-bond acceptors (Lipinski definition) is 6. The molecular weight excluding hydrogens is 408 g/mol. The normalized spacial score (nSPS) is 12.4. The Morgan fingerprint density at radius 1 is 1.19 bits per heavy atom. The van der Waals surface area contributed by atoms with Gasteiger partial charge in [0.2, 0.25) is 11.7 Å². The van der Waals surface area contributed by atoms with E-state index in [4.69, 9.17) is 4.42 Å². The summed E-state index contributed by atoms with van der Waals surface area (Å²) in [5.74, 6) is 0.978. The Kier molecular flexibility index (Phi) is 6.76. The summed E-state index contributed by atoms with van der Waals surface area (Å²) in [7, 11) is 0. The van der Waals surface area contributed by atoms with Crippen molar-refractivity contribution in [1.82, 2.24) is 25.5 Å². The Balaban J connectivity index is 1.90. The highest BCUT2D eigenvalue weighted by molar-refractivity contribution is 6.00. The Bertz CT molecular complexity index is 1100.